The predicted molar refractivity (Wildman–Crippen MR) is 115 cm³/mol. The fourth-order valence-corrected chi connectivity index (χ4v) is 5.60. The molecule has 4 heteroatoms. The van der Waals surface area contributed by atoms with Crippen molar-refractivity contribution in [3.05, 3.63) is 64.7 Å². The van der Waals surface area contributed by atoms with Gasteiger partial charge in [-0.25, -0.2) is 0 Å². The van der Waals surface area contributed by atoms with Gasteiger partial charge < -0.3 is 10.2 Å². The Morgan fingerprint density at radius 1 is 0.828 bits per heavy atom. The molecule has 29 heavy (non-hydrogen) atoms. The van der Waals surface area contributed by atoms with E-state index in [-0.39, 0.29) is 11.6 Å². The summed E-state index contributed by atoms with van der Waals surface area (Å²) in [6.45, 7) is 3.36. The van der Waals surface area contributed by atoms with Gasteiger partial charge in [0.15, 0.2) is 11.6 Å². The predicted octanol–water partition coefficient (Wildman–Crippen LogP) is 4.53. The standard InChI is InChI=1S/C25H28N2O2/c28-24-18-8-1-2-9-19(18)25(29)23-20(24)10-5-11-21(23)26-14-13-17-7-6-16-27-15-4-3-12-22(17)27/h1-2,5,8-11,17,22,26H,3-4,6-7,12-16H2/t17-,22+/m0/s1. The van der Waals surface area contributed by atoms with E-state index in [1.54, 1.807) is 18.2 Å². The van der Waals surface area contributed by atoms with Crippen LogP contribution >= 0.6 is 0 Å². The number of anilines is 1. The zero-order valence-corrected chi connectivity index (χ0v) is 16.8. The molecule has 2 aliphatic heterocycles. The van der Waals surface area contributed by atoms with Crippen LogP contribution < -0.4 is 5.32 Å². The van der Waals surface area contributed by atoms with Crippen LogP contribution in [0.3, 0.4) is 0 Å². The lowest BCUT2D eigenvalue weighted by Gasteiger charge is -2.44. The summed E-state index contributed by atoms with van der Waals surface area (Å²) in [5.41, 5.74) is 2.90. The first kappa shape index (κ1) is 18.6. The molecule has 150 valence electrons. The Hall–Kier alpha value is -2.46. The molecule has 1 aliphatic carbocycles. The normalized spacial score (nSPS) is 23.9. The van der Waals surface area contributed by atoms with Crippen LogP contribution in [0, 0.1) is 5.92 Å². The lowest BCUT2D eigenvalue weighted by atomic mass is 9.81. The molecule has 3 aliphatic rings. The number of benzene rings is 2. The molecule has 2 heterocycles. The van der Waals surface area contributed by atoms with Crippen LogP contribution in [0.2, 0.25) is 0 Å². The molecule has 2 fully saturated rings. The largest absolute Gasteiger partial charge is 0.384 e. The van der Waals surface area contributed by atoms with Crippen LogP contribution in [-0.4, -0.2) is 42.1 Å². The highest BCUT2D eigenvalue weighted by Crippen LogP contribution is 2.34. The van der Waals surface area contributed by atoms with Crippen LogP contribution in [0.25, 0.3) is 0 Å². The third kappa shape index (κ3) is 3.29. The number of hydrogen-bond acceptors (Lipinski definition) is 4. The summed E-state index contributed by atoms with van der Waals surface area (Å²) in [7, 11) is 0. The maximum Gasteiger partial charge on any atom is 0.196 e. The van der Waals surface area contributed by atoms with Gasteiger partial charge in [-0.2, -0.15) is 0 Å². The molecule has 5 rings (SSSR count). The molecular formula is C25H28N2O2. The van der Waals surface area contributed by atoms with Crippen molar-refractivity contribution in [2.75, 3.05) is 25.0 Å². The minimum Gasteiger partial charge on any atom is -0.384 e. The van der Waals surface area contributed by atoms with E-state index in [0.717, 1.165) is 30.6 Å². The number of nitrogens with one attached hydrogen (secondary N) is 1. The number of ketones is 2. The van der Waals surface area contributed by atoms with Crippen molar-refractivity contribution < 1.29 is 9.59 Å². The van der Waals surface area contributed by atoms with Crippen molar-refractivity contribution in [2.24, 2.45) is 5.92 Å². The smallest absolute Gasteiger partial charge is 0.196 e. The van der Waals surface area contributed by atoms with Gasteiger partial charge in [0.2, 0.25) is 0 Å². The van der Waals surface area contributed by atoms with E-state index in [9.17, 15) is 9.59 Å². The van der Waals surface area contributed by atoms with Crippen molar-refractivity contribution in [3.8, 4) is 0 Å². The summed E-state index contributed by atoms with van der Waals surface area (Å²) >= 11 is 0. The summed E-state index contributed by atoms with van der Waals surface area (Å²) in [5.74, 6) is 0.632. The number of fused-ring (bicyclic) bond motifs is 3. The zero-order valence-electron chi connectivity index (χ0n) is 16.8. The molecule has 0 bridgehead atoms. The summed E-state index contributed by atoms with van der Waals surface area (Å²) in [6, 6.07) is 13.5. The number of carbonyl (C=O) groups excluding carboxylic acids is 2. The Balaban J connectivity index is 1.33. The number of piperidine rings is 2. The first-order valence-electron chi connectivity index (χ1n) is 11.0. The molecule has 2 aromatic carbocycles. The topological polar surface area (TPSA) is 49.4 Å². The Morgan fingerprint density at radius 2 is 1.59 bits per heavy atom. The number of rotatable bonds is 4. The van der Waals surface area contributed by atoms with E-state index < -0.39 is 0 Å². The fourth-order valence-electron chi connectivity index (χ4n) is 5.60. The van der Waals surface area contributed by atoms with Gasteiger partial charge in [0.1, 0.15) is 0 Å². The van der Waals surface area contributed by atoms with E-state index in [2.05, 4.69) is 10.2 Å². The molecule has 2 saturated heterocycles. The van der Waals surface area contributed by atoms with Gasteiger partial charge in [-0.15, -0.1) is 0 Å². The molecule has 2 aromatic rings. The van der Waals surface area contributed by atoms with Gasteiger partial charge in [-0.05, 0) is 57.2 Å². The van der Waals surface area contributed by atoms with Crippen LogP contribution in [0.5, 0.6) is 0 Å². The molecule has 1 N–H and O–H groups in total. The minimum absolute atomic E-state index is 0.0468. The lowest BCUT2D eigenvalue weighted by Crippen LogP contribution is -2.48. The summed E-state index contributed by atoms with van der Waals surface area (Å²) in [6.07, 6.45) is 7.74. The molecule has 0 amide bonds. The summed E-state index contributed by atoms with van der Waals surface area (Å²) < 4.78 is 0. The van der Waals surface area contributed by atoms with Gasteiger partial charge in [0.25, 0.3) is 0 Å². The molecular weight excluding hydrogens is 360 g/mol. The van der Waals surface area contributed by atoms with Crippen molar-refractivity contribution in [1.82, 2.24) is 4.90 Å². The highest BCUT2D eigenvalue weighted by Gasteiger charge is 2.33. The average molecular weight is 389 g/mol. The van der Waals surface area contributed by atoms with Gasteiger partial charge in [0.05, 0.1) is 5.56 Å². The van der Waals surface area contributed by atoms with Crippen LogP contribution in [0.15, 0.2) is 42.5 Å². The summed E-state index contributed by atoms with van der Waals surface area (Å²) in [4.78, 5) is 28.7. The highest BCUT2D eigenvalue weighted by molar-refractivity contribution is 6.30. The quantitative estimate of drug-likeness (QED) is 0.713. The third-order valence-electron chi connectivity index (χ3n) is 7.01. The molecule has 0 aromatic heterocycles. The van der Waals surface area contributed by atoms with Gasteiger partial charge >= 0.3 is 0 Å². The lowest BCUT2D eigenvalue weighted by molar-refractivity contribution is 0.0573. The second kappa shape index (κ2) is 7.75. The Morgan fingerprint density at radius 3 is 2.45 bits per heavy atom. The highest BCUT2D eigenvalue weighted by atomic mass is 16.1. The third-order valence-corrected chi connectivity index (χ3v) is 7.01. The van der Waals surface area contributed by atoms with Crippen molar-refractivity contribution >= 4 is 17.3 Å². The van der Waals surface area contributed by atoms with Crippen molar-refractivity contribution in [1.29, 1.82) is 0 Å². The molecule has 0 radical (unpaired) electrons. The van der Waals surface area contributed by atoms with E-state index >= 15 is 0 Å². The summed E-state index contributed by atoms with van der Waals surface area (Å²) in [5, 5.41) is 3.51. The first-order valence-corrected chi connectivity index (χ1v) is 11.0. The monoisotopic (exact) mass is 388 g/mol. The first-order chi connectivity index (χ1) is 14.2. The zero-order chi connectivity index (χ0) is 19.8. The van der Waals surface area contributed by atoms with Crippen molar-refractivity contribution in [3.63, 3.8) is 0 Å². The average Bonchev–Trinajstić information content (AvgIpc) is 2.77. The molecule has 0 spiro atoms. The van der Waals surface area contributed by atoms with E-state index in [1.807, 2.05) is 24.3 Å². The Kier molecular flexibility index (Phi) is 4.96. The second-order valence-electron chi connectivity index (χ2n) is 8.65. The number of nitrogens with zero attached hydrogens (tertiary/aromatic N) is 1. The Labute approximate surface area is 172 Å². The molecule has 0 unspecified atom stereocenters. The van der Waals surface area contributed by atoms with Gasteiger partial charge in [-0.3, -0.25) is 9.59 Å². The van der Waals surface area contributed by atoms with Gasteiger partial charge in [-0.1, -0.05) is 42.8 Å². The molecule has 2 atom stereocenters. The number of hydrogen-bond donors (Lipinski definition) is 1. The Bertz CT molecular complexity index is 950. The van der Waals surface area contributed by atoms with Gasteiger partial charge in [0, 0.05) is 35.0 Å². The van der Waals surface area contributed by atoms with Crippen LogP contribution in [0.4, 0.5) is 5.69 Å². The molecule has 0 saturated carbocycles. The van der Waals surface area contributed by atoms with E-state index in [1.165, 1.54) is 45.2 Å². The van der Waals surface area contributed by atoms with E-state index in [4.69, 9.17) is 0 Å². The fraction of sp³-hybridized carbons (Fsp3) is 0.440. The number of carbonyl (C=O) groups is 2. The molecule has 4 nitrogen and oxygen atoms in total. The second-order valence-corrected chi connectivity index (χ2v) is 8.65. The SMILES string of the molecule is O=C1c2ccccc2C(=O)c2c(NCC[C@@H]3CCCN4CCCC[C@H]34)cccc21. The van der Waals surface area contributed by atoms with Crippen LogP contribution in [-0.2, 0) is 0 Å². The van der Waals surface area contributed by atoms with Crippen molar-refractivity contribution in [2.45, 2.75) is 44.6 Å². The maximum absolute atomic E-state index is 13.1. The maximum atomic E-state index is 13.1. The minimum atomic E-state index is -0.0519. The van der Waals surface area contributed by atoms with E-state index in [0.29, 0.717) is 22.3 Å². The van der Waals surface area contributed by atoms with Crippen LogP contribution in [0.1, 0.15) is 70.4 Å².